The molecule has 2 aromatic heterocycles. The highest BCUT2D eigenvalue weighted by Crippen LogP contribution is 2.42. The molecule has 9 nitrogen and oxygen atoms in total. The molecule has 2 atom stereocenters. The van der Waals surface area contributed by atoms with Crippen LogP contribution in [0.2, 0.25) is 0 Å². The maximum Gasteiger partial charge on any atom is 0.411 e. The lowest BCUT2D eigenvalue weighted by Crippen LogP contribution is -2.46. The maximum atomic E-state index is 13.1. The van der Waals surface area contributed by atoms with E-state index in [9.17, 15) is 4.79 Å². The molecule has 0 radical (unpaired) electrons. The van der Waals surface area contributed by atoms with Crippen LogP contribution in [0.15, 0.2) is 59.3 Å². The first-order valence-corrected chi connectivity index (χ1v) is 10.2. The van der Waals surface area contributed by atoms with E-state index in [0.717, 1.165) is 10.4 Å². The summed E-state index contributed by atoms with van der Waals surface area (Å²) in [5.74, 6) is 0.284. The molecule has 156 valence electrons. The fraction of sp³-hybridized carbons (Fsp3) is 0.300. The SMILES string of the molecule is C=CCON(C)C1CN(C(=O)OCc2ccccc2)C(c2ncno2)c2ncsc21. The van der Waals surface area contributed by atoms with Crippen molar-refractivity contribution in [1.82, 2.24) is 25.1 Å². The minimum atomic E-state index is -0.624. The largest absolute Gasteiger partial charge is 0.445 e. The van der Waals surface area contributed by atoms with Crippen LogP contribution in [0.4, 0.5) is 4.79 Å². The second-order valence-corrected chi connectivity index (χ2v) is 7.51. The van der Waals surface area contributed by atoms with E-state index in [1.54, 1.807) is 21.5 Å². The normalized spacial score (nSPS) is 18.3. The molecule has 4 rings (SSSR count). The van der Waals surface area contributed by atoms with Crippen LogP contribution >= 0.6 is 11.3 Å². The third-order valence-corrected chi connectivity index (χ3v) is 5.70. The van der Waals surface area contributed by atoms with Crippen LogP contribution in [-0.4, -0.2) is 51.4 Å². The molecule has 10 heteroatoms. The zero-order valence-corrected chi connectivity index (χ0v) is 17.2. The first-order chi connectivity index (χ1) is 14.7. The summed E-state index contributed by atoms with van der Waals surface area (Å²) in [6.07, 6.45) is 2.48. The lowest BCUT2D eigenvalue weighted by Gasteiger charge is -2.39. The Labute approximate surface area is 177 Å². The topological polar surface area (TPSA) is 93.8 Å². The van der Waals surface area contributed by atoms with Gasteiger partial charge >= 0.3 is 6.09 Å². The monoisotopic (exact) mass is 427 g/mol. The summed E-state index contributed by atoms with van der Waals surface area (Å²) in [5.41, 5.74) is 3.31. The van der Waals surface area contributed by atoms with Crippen molar-refractivity contribution >= 4 is 17.4 Å². The Kier molecular flexibility index (Phi) is 6.17. The summed E-state index contributed by atoms with van der Waals surface area (Å²) >= 11 is 1.49. The highest BCUT2D eigenvalue weighted by Gasteiger charge is 2.44. The van der Waals surface area contributed by atoms with Gasteiger partial charge in [-0.1, -0.05) is 41.6 Å². The van der Waals surface area contributed by atoms with Crippen molar-refractivity contribution in [1.29, 1.82) is 0 Å². The summed E-state index contributed by atoms with van der Waals surface area (Å²) in [7, 11) is 1.82. The molecule has 0 aliphatic carbocycles. The molecule has 0 N–H and O–H groups in total. The smallest absolute Gasteiger partial charge is 0.411 e. The molecule has 1 aliphatic rings. The van der Waals surface area contributed by atoms with Gasteiger partial charge in [-0.3, -0.25) is 9.74 Å². The number of likely N-dealkylation sites (N-methyl/N-ethyl adjacent to an activating group) is 1. The minimum Gasteiger partial charge on any atom is -0.445 e. The van der Waals surface area contributed by atoms with Gasteiger partial charge < -0.3 is 9.26 Å². The number of amides is 1. The average molecular weight is 427 g/mol. The van der Waals surface area contributed by atoms with Crippen LogP contribution in [0.3, 0.4) is 0 Å². The van der Waals surface area contributed by atoms with E-state index in [1.165, 1.54) is 17.7 Å². The molecule has 1 amide bonds. The number of ether oxygens (including phenoxy) is 1. The maximum absolute atomic E-state index is 13.1. The van der Waals surface area contributed by atoms with Gasteiger partial charge in [-0.2, -0.15) is 10.0 Å². The van der Waals surface area contributed by atoms with Crippen molar-refractivity contribution in [2.75, 3.05) is 20.2 Å². The quantitative estimate of drug-likeness (QED) is 0.419. The molecule has 0 fully saturated rings. The van der Waals surface area contributed by atoms with E-state index in [4.69, 9.17) is 14.1 Å². The molecule has 0 bridgehead atoms. The Bertz CT molecular complexity index is 978. The fourth-order valence-electron chi connectivity index (χ4n) is 3.32. The number of thiazole rings is 1. The highest BCUT2D eigenvalue weighted by molar-refractivity contribution is 7.09. The Morgan fingerprint density at radius 1 is 1.40 bits per heavy atom. The van der Waals surface area contributed by atoms with Crippen molar-refractivity contribution in [2.24, 2.45) is 0 Å². The fourth-order valence-corrected chi connectivity index (χ4v) is 4.26. The number of hydrogen-bond donors (Lipinski definition) is 0. The van der Waals surface area contributed by atoms with Crippen molar-refractivity contribution in [3.63, 3.8) is 0 Å². The summed E-state index contributed by atoms with van der Waals surface area (Å²) < 4.78 is 10.9. The third-order valence-electron chi connectivity index (χ3n) is 4.75. The summed E-state index contributed by atoms with van der Waals surface area (Å²) in [6.45, 7) is 4.50. The molecular weight excluding hydrogens is 406 g/mol. The van der Waals surface area contributed by atoms with Gasteiger partial charge in [0.05, 0.1) is 28.7 Å². The zero-order valence-electron chi connectivity index (χ0n) is 16.4. The first-order valence-electron chi connectivity index (χ1n) is 9.32. The van der Waals surface area contributed by atoms with E-state index in [1.807, 2.05) is 37.4 Å². The van der Waals surface area contributed by atoms with Crippen molar-refractivity contribution < 1.29 is 18.9 Å². The van der Waals surface area contributed by atoms with Crippen molar-refractivity contribution in [3.8, 4) is 0 Å². The minimum absolute atomic E-state index is 0.157. The van der Waals surface area contributed by atoms with E-state index in [-0.39, 0.29) is 18.5 Å². The average Bonchev–Trinajstić information content (AvgIpc) is 3.47. The van der Waals surface area contributed by atoms with Crippen LogP contribution in [0.5, 0.6) is 0 Å². The molecular formula is C20H21N5O4S. The first kappa shape index (κ1) is 20.2. The molecule has 1 aromatic carbocycles. The number of hydrogen-bond acceptors (Lipinski definition) is 9. The third kappa shape index (κ3) is 4.11. The number of aromatic nitrogens is 3. The van der Waals surface area contributed by atoms with Gasteiger partial charge in [0.1, 0.15) is 6.61 Å². The Balaban J connectivity index is 1.62. The van der Waals surface area contributed by atoms with E-state index < -0.39 is 12.1 Å². The standard InChI is InChI=1S/C20H21N5O4S/c1-3-9-28-24(2)15-10-25(20(26)27-11-14-7-5-4-6-8-14)17(19-21-12-23-29-19)16-18(15)30-13-22-16/h3-8,12-13,15,17H,1,9-11H2,2H3. The molecule has 0 saturated carbocycles. The van der Waals surface area contributed by atoms with Crippen LogP contribution in [0, 0.1) is 0 Å². The number of benzene rings is 1. The number of rotatable bonds is 7. The number of carbonyl (C=O) groups excluding carboxylic acids is 1. The van der Waals surface area contributed by atoms with E-state index in [0.29, 0.717) is 18.8 Å². The van der Waals surface area contributed by atoms with Crippen molar-refractivity contribution in [3.05, 3.63) is 76.8 Å². The molecule has 30 heavy (non-hydrogen) atoms. The Hall–Kier alpha value is -3.08. The summed E-state index contributed by atoms with van der Waals surface area (Å²) in [4.78, 5) is 30.0. The van der Waals surface area contributed by atoms with Crippen molar-refractivity contribution in [2.45, 2.75) is 18.7 Å². The zero-order chi connectivity index (χ0) is 20.9. The summed E-state index contributed by atoms with van der Waals surface area (Å²) in [6, 6.07) is 8.66. The van der Waals surface area contributed by atoms with Gasteiger partial charge in [0.2, 0.25) is 0 Å². The van der Waals surface area contributed by atoms with E-state index in [2.05, 4.69) is 21.7 Å². The number of hydroxylamine groups is 2. The van der Waals surface area contributed by atoms with E-state index >= 15 is 0 Å². The number of nitrogens with zero attached hydrogens (tertiary/aromatic N) is 5. The Morgan fingerprint density at radius 2 is 2.23 bits per heavy atom. The van der Waals surface area contributed by atoms with Crippen LogP contribution < -0.4 is 0 Å². The predicted octanol–water partition coefficient (Wildman–Crippen LogP) is 3.36. The second-order valence-electron chi connectivity index (χ2n) is 6.62. The lowest BCUT2D eigenvalue weighted by atomic mass is 10.0. The van der Waals surface area contributed by atoms with Crippen LogP contribution in [0.1, 0.15) is 34.1 Å². The van der Waals surface area contributed by atoms with Gasteiger partial charge in [0.25, 0.3) is 5.89 Å². The molecule has 3 heterocycles. The second kappa shape index (κ2) is 9.16. The van der Waals surface area contributed by atoms with Crippen LogP contribution in [0.25, 0.3) is 0 Å². The molecule has 1 aliphatic heterocycles. The predicted molar refractivity (Wildman–Crippen MR) is 108 cm³/mol. The number of fused-ring (bicyclic) bond motifs is 1. The lowest BCUT2D eigenvalue weighted by molar-refractivity contribution is -0.165. The highest BCUT2D eigenvalue weighted by atomic mass is 32.1. The number of carbonyl (C=O) groups is 1. The van der Waals surface area contributed by atoms with Gasteiger partial charge in [-0.25, -0.2) is 9.78 Å². The molecule has 3 aromatic rings. The summed E-state index contributed by atoms with van der Waals surface area (Å²) in [5, 5.41) is 5.41. The molecule has 0 saturated heterocycles. The molecule has 0 spiro atoms. The van der Waals surface area contributed by atoms with Gasteiger partial charge in [-0.05, 0) is 5.56 Å². The van der Waals surface area contributed by atoms with Crippen LogP contribution in [-0.2, 0) is 16.2 Å². The molecule has 2 unspecified atom stereocenters. The van der Waals surface area contributed by atoms with Gasteiger partial charge in [0.15, 0.2) is 12.4 Å². The Morgan fingerprint density at radius 3 is 2.97 bits per heavy atom. The van der Waals surface area contributed by atoms with Gasteiger partial charge in [-0.15, -0.1) is 17.9 Å². The van der Waals surface area contributed by atoms with Gasteiger partial charge in [0, 0.05) is 13.6 Å².